The Hall–Kier alpha value is -2.53. The number of aliphatic hydroxyl groups is 1. The van der Waals surface area contributed by atoms with Gasteiger partial charge in [0.05, 0.1) is 0 Å². The number of Topliss-reactive ketones (excluding diaryl/α,β-unsaturated/α-hetero) is 1. The maximum Gasteiger partial charge on any atom is 0.294 e. The van der Waals surface area contributed by atoms with Crippen LogP contribution in [0.5, 0.6) is 0 Å². The minimum atomic E-state index is -0.491. The predicted molar refractivity (Wildman–Crippen MR) is 82.4 cm³/mol. The van der Waals surface area contributed by atoms with Gasteiger partial charge in [-0.1, -0.05) is 12.1 Å². The molecule has 2 aromatic rings. The van der Waals surface area contributed by atoms with Crippen molar-refractivity contribution >= 4 is 17.4 Å². The Morgan fingerprint density at radius 1 is 1.18 bits per heavy atom. The van der Waals surface area contributed by atoms with Gasteiger partial charge in [0.1, 0.15) is 0 Å². The topological polar surface area (TPSA) is 70.5 Å². The zero-order valence-electron chi connectivity index (χ0n) is 12.0. The molecule has 1 amide bonds. The van der Waals surface area contributed by atoms with E-state index in [1.807, 2.05) is 30.3 Å². The summed E-state index contributed by atoms with van der Waals surface area (Å²) in [6, 6.07) is 9.53. The molecule has 1 aliphatic heterocycles. The molecule has 5 heteroatoms. The largest absolute Gasteiger partial charge is 0.396 e. The number of aliphatic hydroxyl groups excluding tert-OH is 1. The van der Waals surface area contributed by atoms with Gasteiger partial charge in [-0.2, -0.15) is 0 Å². The molecule has 1 aromatic heterocycles. The average molecular weight is 296 g/mol. The van der Waals surface area contributed by atoms with Crippen LogP contribution in [-0.2, 0) is 16.0 Å². The second-order valence-electron chi connectivity index (χ2n) is 5.22. The number of anilines is 1. The molecule has 1 aliphatic rings. The lowest BCUT2D eigenvalue weighted by molar-refractivity contribution is -0.136. The molecule has 0 spiro atoms. The second kappa shape index (κ2) is 6.07. The number of rotatable bonds is 4. The van der Waals surface area contributed by atoms with Crippen molar-refractivity contribution in [1.29, 1.82) is 0 Å². The molecule has 22 heavy (non-hydrogen) atoms. The van der Waals surface area contributed by atoms with Crippen molar-refractivity contribution in [1.82, 2.24) is 4.98 Å². The first-order chi connectivity index (χ1) is 10.7. The molecule has 3 rings (SSSR count). The van der Waals surface area contributed by atoms with E-state index in [9.17, 15) is 9.59 Å². The summed E-state index contributed by atoms with van der Waals surface area (Å²) in [6.45, 7) is 0.335. The molecule has 0 bridgehead atoms. The fourth-order valence-corrected chi connectivity index (χ4v) is 2.66. The number of amides is 1. The Bertz CT molecular complexity index is 713. The van der Waals surface area contributed by atoms with Crippen LogP contribution in [0.25, 0.3) is 11.1 Å². The number of aromatic nitrogens is 1. The summed E-state index contributed by atoms with van der Waals surface area (Å²) in [5.74, 6) is -0.899. The third kappa shape index (κ3) is 2.63. The molecule has 1 N–H and O–H groups in total. The Morgan fingerprint density at radius 3 is 2.77 bits per heavy atom. The highest BCUT2D eigenvalue weighted by atomic mass is 16.3. The van der Waals surface area contributed by atoms with Gasteiger partial charge in [-0.05, 0) is 41.3 Å². The molecule has 0 unspecified atom stereocenters. The van der Waals surface area contributed by atoms with E-state index in [-0.39, 0.29) is 13.0 Å². The van der Waals surface area contributed by atoms with Crippen LogP contribution in [0.3, 0.4) is 0 Å². The van der Waals surface area contributed by atoms with Crippen molar-refractivity contribution in [3.63, 3.8) is 0 Å². The SMILES string of the molecule is O=C1Cc2cc(-c3cccnc3)ccc2N(CCCO)C1=O. The molecular weight excluding hydrogens is 280 g/mol. The predicted octanol–water partition coefficient (Wildman–Crippen LogP) is 1.59. The van der Waals surface area contributed by atoms with Crippen LogP contribution < -0.4 is 4.90 Å². The zero-order valence-corrected chi connectivity index (χ0v) is 12.0. The first-order valence-corrected chi connectivity index (χ1v) is 7.19. The first-order valence-electron chi connectivity index (χ1n) is 7.19. The highest BCUT2D eigenvalue weighted by molar-refractivity contribution is 6.43. The van der Waals surface area contributed by atoms with Gasteiger partial charge in [-0.3, -0.25) is 14.6 Å². The van der Waals surface area contributed by atoms with E-state index >= 15 is 0 Å². The number of hydrogen-bond donors (Lipinski definition) is 1. The minimum Gasteiger partial charge on any atom is -0.396 e. The molecule has 112 valence electrons. The second-order valence-corrected chi connectivity index (χ2v) is 5.22. The van der Waals surface area contributed by atoms with Crippen molar-refractivity contribution in [2.24, 2.45) is 0 Å². The van der Waals surface area contributed by atoms with Gasteiger partial charge >= 0.3 is 0 Å². The molecule has 2 heterocycles. The summed E-state index contributed by atoms with van der Waals surface area (Å²) in [4.78, 5) is 29.5. The fourth-order valence-electron chi connectivity index (χ4n) is 2.66. The Labute approximate surface area is 128 Å². The van der Waals surface area contributed by atoms with Gasteiger partial charge in [-0.25, -0.2) is 0 Å². The highest BCUT2D eigenvalue weighted by Gasteiger charge is 2.30. The summed E-state index contributed by atoms with van der Waals surface area (Å²) in [5, 5.41) is 8.96. The number of pyridine rings is 1. The lowest BCUT2D eigenvalue weighted by atomic mass is 9.95. The smallest absolute Gasteiger partial charge is 0.294 e. The van der Waals surface area contributed by atoms with Crippen molar-refractivity contribution in [3.8, 4) is 11.1 Å². The summed E-state index contributed by atoms with van der Waals surface area (Å²) in [5.41, 5.74) is 3.53. The first kappa shape index (κ1) is 14.4. The van der Waals surface area contributed by atoms with Gasteiger partial charge in [0.15, 0.2) is 0 Å². The van der Waals surface area contributed by atoms with Crippen LogP contribution in [0.15, 0.2) is 42.7 Å². The van der Waals surface area contributed by atoms with E-state index < -0.39 is 11.7 Å². The van der Waals surface area contributed by atoms with Gasteiger partial charge < -0.3 is 10.0 Å². The third-order valence-electron chi connectivity index (χ3n) is 3.74. The molecule has 0 saturated carbocycles. The van der Waals surface area contributed by atoms with Crippen LogP contribution in [0.4, 0.5) is 5.69 Å². The van der Waals surface area contributed by atoms with Crippen LogP contribution in [0.2, 0.25) is 0 Å². The molecule has 0 radical (unpaired) electrons. The van der Waals surface area contributed by atoms with Crippen LogP contribution in [0.1, 0.15) is 12.0 Å². The normalized spacial score (nSPS) is 14.1. The quantitative estimate of drug-likeness (QED) is 0.870. The Balaban J connectivity index is 2.00. The molecular formula is C17H16N2O3. The van der Waals surface area contributed by atoms with Crippen molar-refractivity contribution in [2.45, 2.75) is 12.8 Å². The van der Waals surface area contributed by atoms with Crippen molar-refractivity contribution in [2.75, 3.05) is 18.1 Å². The lowest BCUT2D eigenvalue weighted by Gasteiger charge is -2.28. The summed E-state index contributed by atoms with van der Waals surface area (Å²) >= 11 is 0. The van der Waals surface area contributed by atoms with E-state index in [4.69, 9.17) is 5.11 Å². The van der Waals surface area contributed by atoms with Gasteiger partial charge in [0.25, 0.3) is 5.91 Å². The number of carbonyl (C=O) groups excluding carboxylic acids is 2. The molecule has 5 nitrogen and oxygen atoms in total. The number of fused-ring (bicyclic) bond motifs is 1. The van der Waals surface area contributed by atoms with Crippen LogP contribution >= 0.6 is 0 Å². The molecule has 0 atom stereocenters. The third-order valence-corrected chi connectivity index (χ3v) is 3.74. The van der Waals surface area contributed by atoms with E-state index in [0.717, 1.165) is 22.4 Å². The Morgan fingerprint density at radius 2 is 2.05 bits per heavy atom. The number of hydrogen-bond acceptors (Lipinski definition) is 4. The van der Waals surface area contributed by atoms with Gasteiger partial charge in [0.2, 0.25) is 5.78 Å². The molecule has 0 aliphatic carbocycles. The standard InChI is InChI=1S/C17H16N2O3/c20-8-2-7-19-15-5-4-12(13-3-1-6-18-11-13)9-14(15)10-16(21)17(19)22/h1,3-6,9,11,20H,2,7-8,10H2. The van der Waals surface area contributed by atoms with Crippen molar-refractivity contribution in [3.05, 3.63) is 48.3 Å². The summed E-state index contributed by atoms with van der Waals surface area (Å²) in [6.07, 6.45) is 4.04. The zero-order chi connectivity index (χ0) is 15.5. The molecule has 0 saturated heterocycles. The maximum atomic E-state index is 12.0. The van der Waals surface area contributed by atoms with Crippen molar-refractivity contribution < 1.29 is 14.7 Å². The van der Waals surface area contributed by atoms with Crippen LogP contribution in [0, 0.1) is 0 Å². The highest BCUT2D eigenvalue weighted by Crippen LogP contribution is 2.31. The van der Waals surface area contributed by atoms with E-state index in [1.165, 1.54) is 4.90 Å². The number of ketones is 1. The minimum absolute atomic E-state index is 0.0128. The van der Waals surface area contributed by atoms with Gasteiger partial charge in [-0.15, -0.1) is 0 Å². The summed E-state index contributed by atoms with van der Waals surface area (Å²) < 4.78 is 0. The Kier molecular flexibility index (Phi) is 3.98. The fraction of sp³-hybridized carbons (Fsp3) is 0.235. The van der Waals surface area contributed by atoms with E-state index in [2.05, 4.69) is 4.98 Å². The van der Waals surface area contributed by atoms with Gasteiger partial charge in [0, 0.05) is 37.7 Å². The summed E-state index contributed by atoms with van der Waals surface area (Å²) in [7, 11) is 0. The molecule has 1 aromatic carbocycles. The molecule has 0 fully saturated rings. The lowest BCUT2D eigenvalue weighted by Crippen LogP contribution is -2.42. The average Bonchev–Trinajstić information content (AvgIpc) is 2.56. The van der Waals surface area contributed by atoms with E-state index in [1.54, 1.807) is 12.4 Å². The number of nitrogens with zero attached hydrogens (tertiary/aromatic N) is 2. The number of carbonyl (C=O) groups is 2. The van der Waals surface area contributed by atoms with E-state index in [0.29, 0.717) is 13.0 Å². The van der Waals surface area contributed by atoms with Crippen LogP contribution in [-0.4, -0.2) is 34.9 Å². The maximum absolute atomic E-state index is 12.0. The monoisotopic (exact) mass is 296 g/mol. The number of benzene rings is 1.